The van der Waals surface area contributed by atoms with E-state index in [1.54, 1.807) is 30.3 Å². The van der Waals surface area contributed by atoms with E-state index in [0.717, 1.165) is 5.56 Å². The molecular weight excluding hydrogens is 292 g/mol. The molecule has 6 heteroatoms. The maximum absolute atomic E-state index is 12.2. The number of rotatable bonds is 3. The largest absolute Gasteiger partial charge is 0.483 e. The lowest BCUT2D eigenvalue weighted by Gasteiger charge is -2.25. The van der Waals surface area contributed by atoms with Gasteiger partial charge in [-0.25, -0.2) is 4.18 Å². The van der Waals surface area contributed by atoms with Gasteiger partial charge in [0.1, 0.15) is 0 Å². The van der Waals surface area contributed by atoms with Crippen molar-refractivity contribution in [3.63, 3.8) is 0 Å². The molecule has 1 aliphatic rings. The molecule has 2 aromatic rings. The fraction of sp³-hybridized carbons (Fsp3) is 0.200. The minimum Gasteiger partial charge on any atom is -0.483 e. The van der Waals surface area contributed by atoms with Crippen molar-refractivity contribution in [2.24, 2.45) is 0 Å². The molecule has 3 rings (SSSR count). The molecule has 2 aromatic carbocycles. The number of hydrogen-bond acceptors (Lipinski definition) is 5. The van der Waals surface area contributed by atoms with Crippen LogP contribution in [0.15, 0.2) is 53.4 Å². The molecule has 0 saturated carbocycles. The first-order valence-electron chi connectivity index (χ1n) is 6.43. The fourth-order valence-corrected chi connectivity index (χ4v) is 2.91. The van der Waals surface area contributed by atoms with E-state index in [9.17, 15) is 8.42 Å². The van der Waals surface area contributed by atoms with Crippen LogP contribution in [-0.4, -0.2) is 21.3 Å². The van der Waals surface area contributed by atoms with Crippen LogP contribution in [0.1, 0.15) is 5.56 Å². The van der Waals surface area contributed by atoms with Gasteiger partial charge in [-0.3, -0.25) is 0 Å². The van der Waals surface area contributed by atoms with Gasteiger partial charge in [0, 0.05) is 0 Å². The van der Waals surface area contributed by atoms with Crippen molar-refractivity contribution >= 4 is 10.1 Å². The van der Waals surface area contributed by atoms with E-state index in [4.69, 9.17) is 13.7 Å². The van der Waals surface area contributed by atoms with Crippen LogP contribution in [0, 0.1) is 6.92 Å². The lowest BCUT2D eigenvalue weighted by molar-refractivity contribution is -0.0438. The van der Waals surface area contributed by atoms with Gasteiger partial charge in [-0.15, -0.1) is 0 Å². The van der Waals surface area contributed by atoms with Gasteiger partial charge >= 0.3 is 0 Å². The standard InChI is InChI=1S/C15H14O5S/c1-11-6-8-12(9-7-11)21(16,17)20-15-10-18-13-4-2-3-5-14(13)19-15/h2-9,15H,10H2,1H3. The average molecular weight is 306 g/mol. The normalized spacial score (nSPS) is 17.5. The van der Waals surface area contributed by atoms with Crippen LogP contribution in [0.25, 0.3) is 0 Å². The maximum Gasteiger partial charge on any atom is 0.300 e. The van der Waals surface area contributed by atoms with Crippen LogP contribution in [-0.2, 0) is 14.3 Å². The molecule has 1 aliphatic heterocycles. The molecule has 0 fully saturated rings. The van der Waals surface area contributed by atoms with Crippen LogP contribution in [0.4, 0.5) is 0 Å². The third kappa shape index (κ3) is 3.01. The number of para-hydroxylation sites is 2. The second kappa shape index (κ2) is 5.38. The number of fused-ring (bicyclic) bond motifs is 1. The van der Waals surface area contributed by atoms with Crippen molar-refractivity contribution in [2.45, 2.75) is 18.1 Å². The SMILES string of the molecule is Cc1ccc(S(=O)(=O)OC2COc3ccccc3O2)cc1. The Balaban J connectivity index is 1.77. The van der Waals surface area contributed by atoms with E-state index in [0.29, 0.717) is 11.5 Å². The van der Waals surface area contributed by atoms with Crippen LogP contribution in [0.2, 0.25) is 0 Å². The molecule has 0 aromatic heterocycles. The Bertz CT molecular complexity index is 737. The Morgan fingerprint density at radius 1 is 1.05 bits per heavy atom. The molecule has 1 unspecified atom stereocenters. The Hall–Kier alpha value is -2.05. The Kier molecular flexibility index (Phi) is 3.57. The smallest absolute Gasteiger partial charge is 0.300 e. The minimum atomic E-state index is -3.88. The van der Waals surface area contributed by atoms with Crippen molar-refractivity contribution in [2.75, 3.05) is 6.61 Å². The molecule has 0 saturated heterocycles. The summed E-state index contributed by atoms with van der Waals surface area (Å²) in [5.41, 5.74) is 0.972. The van der Waals surface area contributed by atoms with Crippen LogP contribution < -0.4 is 9.47 Å². The zero-order valence-electron chi connectivity index (χ0n) is 11.4. The molecule has 5 nitrogen and oxygen atoms in total. The minimum absolute atomic E-state index is 0.0160. The summed E-state index contributed by atoms with van der Waals surface area (Å²) >= 11 is 0. The molecule has 0 spiro atoms. The van der Waals surface area contributed by atoms with Gasteiger partial charge in [-0.1, -0.05) is 29.8 Å². The summed E-state index contributed by atoms with van der Waals surface area (Å²) in [6.07, 6.45) is -0.994. The zero-order chi connectivity index (χ0) is 14.9. The number of hydrogen-bond donors (Lipinski definition) is 0. The molecule has 1 heterocycles. The van der Waals surface area contributed by atoms with Crippen molar-refractivity contribution in [1.82, 2.24) is 0 Å². The highest BCUT2D eigenvalue weighted by Gasteiger charge is 2.27. The van der Waals surface area contributed by atoms with Gasteiger partial charge < -0.3 is 9.47 Å². The first-order chi connectivity index (χ1) is 10.0. The van der Waals surface area contributed by atoms with Gasteiger partial charge in [-0.05, 0) is 31.2 Å². The summed E-state index contributed by atoms with van der Waals surface area (Å²) in [6.45, 7) is 1.90. The summed E-state index contributed by atoms with van der Waals surface area (Å²) in [5.74, 6) is 1.04. The lowest BCUT2D eigenvalue weighted by Crippen LogP contribution is -2.33. The number of benzene rings is 2. The van der Waals surface area contributed by atoms with E-state index >= 15 is 0 Å². The van der Waals surface area contributed by atoms with Gasteiger partial charge in [0.05, 0.1) is 4.90 Å². The summed E-state index contributed by atoms with van der Waals surface area (Å²) < 4.78 is 40.3. The van der Waals surface area contributed by atoms with Gasteiger partial charge in [0.25, 0.3) is 16.4 Å². The summed E-state index contributed by atoms with van der Waals surface area (Å²) in [6, 6.07) is 13.5. The molecule has 0 radical (unpaired) electrons. The highest BCUT2D eigenvalue weighted by atomic mass is 32.2. The zero-order valence-corrected chi connectivity index (χ0v) is 12.2. The number of aryl methyl sites for hydroxylation is 1. The van der Waals surface area contributed by atoms with Crippen molar-refractivity contribution < 1.29 is 22.1 Å². The fourth-order valence-electron chi connectivity index (χ4n) is 1.95. The average Bonchev–Trinajstić information content (AvgIpc) is 2.47. The predicted molar refractivity (Wildman–Crippen MR) is 75.8 cm³/mol. The Morgan fingerprint density at radius 3 is 2.43 bits per heavy atom. The first-order valence-corrected chi connectivity index (χ1v) is 7.84. The summed E-state index contributed by atoms with van der Waals surface area (Å²) in [4.78, 5) is 0.0931. The molecule has 1 atom stereocenters. The molecule has 110 valence electrons. The highest BCUT2D eigenvalue weighted by molar-refractivity contribution is 7.86. The van der Waals surface area contributed by atoms with Crippen LogP contribution >= 0.6 is 0 Å². The predicted octanol–water partition coefficient (Wildman–Crippen LogP) is 2.50. The van der Waals surface area contributed by atoms with E-state index in [1.807, 2.05) is 13.0 Å². The second-order valence-corrected chi connectivity index (χ2v) is 6.24. The van der Waals surface area contributed by atoms with Gasteiger partial charge in [0.15, 0.2) is 18.1 Å². The molecule has 0 amide bonds. The third-order valence-corrected chi connectivity index (χ3v) is 4.34. The Labute approximate surface area is 123 Å². The van der Waals surface area contributed by atoms with E-state index in [2.05, 4.69) is 0 Å². The van der Waals surface area contributed by atoms with Crippen molar-refractivity contribution in [3.8, 4) is 11.5 Å². The van der Waals surface area contributed by atoms with E-state index in [-0.39, 0.29) is 11.5 Å². The molecule has 21 heavy (non-hydrogen) atoms. The van der Waals surface area contributed by atoms with Gasteiger partial charge in [0.2, 0.25) is 0 Å². The number of ether oxygens (including phenoxy) is 2. The van der Waals surface area contributed by atoms with E-state index < -0.39 is 16.4 Å². The second-order valence-electron chi connectivity index (χ2n) is 4.67. The van der Waals surface area contributed by atoms with Gasteiger partial charge in [-0.2, -0.15) is 8.42 Å². The Morgan fingerprint density at radius 2 is 1.71 bits per heavy atom. The van der Waals surface area contributed by atoms with Crippen molar-refractivity contribution in [3.05, 3.63) is 54.1 Å². The molecule has 0 aliphatic carbocycles. The topological polar surface area (TPSA) is 61.8 Å². The molecule has 0 N–H and O–H groups in total. The molecular formula is C15H14O5S. The monoisotopic (exact) mass is 306 g/mol. The first kappa shape index (κ1) is 13.9. The van der Waals surface area contributed by atoms with Crippen molar-refractivity contribution in [1.29, 1.82) is 0 Å². The summed E-state index contributed by atoms with van der Waals surface area (Å²) in [5, 5.41) is 0. The van der Waals surface area contributed by atoms with E-state index in [1.165, 1.54) is 12.1 Å². The van der Waals surface area contributed by atoms with Crippen LogP contribution in [0.5, 0.6) is 11.5 Å². The summed E-state index contributed by atoms with van der Waals surface area (Å²) in [7, 11) is -3.88. The molecule has 0 bridgehead atoms. The third-order valence-electron chi connectivity index (χ3n) is 3.03. The maximum atomic E-state index is 12.2. The lowest BCUT2D eigenvalue weighted by atomic mass is 10.2. The highest BCUT2D eigenvalue weighted by Crippen LogP contribution is 2.32. The quantitative estimate of drug-likeness (QED) is 0.815. The van der Waals surface area contributed by atoms with Crippen LogP contribution in [0.3, 0.4) is 0 Å².